The van der Waals surface area contributed by atoms with Crippen LogP contribution in [0.1, 0.15) is 67.2 Å². The van der Waals surface area contributed by atoms with Gasteiger partial charge in [-0.1, -0.05) is 45.0 Å². The number of ketones is 1. The Morgan fingerprint density at radius 2 is 1.67 bits per heavy atom. The topological polar surface area (TPSA) is 163 Å². The molecule has 1 heterocycles. The number of Topliss-reactive ketones (excluding diaryl/α,β-unsaturated/α-hetero) is 1. The Kier molecular flexibility index (Phi) is 12.5. The maximum atomic E-state index is 13.6. The van der Waals surface area contributed by atoms with Crippen LogP contribution in [-0.2, 0) is 28.7 Å². The molecule has 12 nitrogen and oxygen atoms in total. The van der Waals surface area contributed by atoms with Gasteiger partial charge < -0.3 is 30.9 Å². The summed E-state index contributed by atoms with van der Waals surface area (Å²) >= 11 is 0. The Balaban J connectivity index is 2.02. The number of ether oxygens (including phenoxy) is 1. The number of anilines is 1. The number of amides is 5. The molecule has 0 spiro atoms. The molecule has 1 saturated heterocycles. The summed E-state index contributed by atoms with van der Waals surface area (Å²) in [7, 11) is 0. The number of hydrogen-bond acceptors (Lipinski definition) is 7. The number of alkyl carbamates (subject to hydrolysis) is 1. The van der Waals surface area contributed by atoms with E-state index in [-0.39, 0.29) is 31.8 Å². The van der Waals surface area contributed by atoms with Crippen LogP contribution < -0.4 is 21.3 Å². The van der Waals surface area contributed by atoms with Crippen molar-refractivity contribution in [3.8, 4) is 0 Å². The quantitative estimate of drug-likeness (QED) is 0.212. The Bertz CT molecular complexity index is 1190. The van der Waals surface area contributed by atoms with Gasteiger partial charge in [0.15, 0.2) is 0 Å². The molecule has 236 valence electrons. The first-order valence-corrected chi connectivity index (χ1v) is 14.4. The third-order valence-corrected chi connectivity index (χ3v) is 6.57. The molecule has 1 unspecified atom stereocenters. The number of carbonyl (C=O) groups is 6. The van der Waals surface area contributed by atoms with E-state index in [0.717, 1.165) is 0 Å². The lowest BCUT2D eigenvalue weighted by molar-refractivity contribution is -0.144. The van der Waals surface area contributed by atoms with Gasteiger partial charge in [-0.3, -0.25) is 24.0 Å². The fraction of sp³-hybridized carbons (Fsp3) is 0.548. The van der Waals surface area contributed by atoms with Crippen LogP contribution >= 0.6 is 0 Å². The lowest BCUT2D eigenvalue weighted by atomic mass is 9.85. The van der Waals surface area contributed by atoms with E-state index in [0.29, 0.717) is 18.5 Å². The summed E-state index contributed by atoms with van der Waals surface area (Å²) in [6, 6.07) is 5.72. The van der Waals surface area contributed by atoms with E-state index in [9.17, 15) is 28.8 Å². The Labute approximate surface area is 253 Å². The predicted molar refractivity (Wildman–Crippen MR) is 162 cm³/mol. The van der Waals surface area contributed by atoms with E-state index in [1.807, 2.05) is 6.07 Å². The van der Waals surface area contributed by atoms with E-state index >= 15 is 0 Å². The second-order valence-corrected chi connectivity index (χ2v) is 12.5. The van der Waals surface area contributed by atoms with E-state index in [4.69, 9.17) is 4.74 Å². The molecule has 0 radical (unpaired) electrons. The molecule has 12 heteroatoms. The maximum Gasteiger partial charge on any atom is 0.408 e. The van der Waals surface area contributed by atoms with Crippen LogP contribution in [0.2, 0.25) is 0 Å². The summed E-state index contributed by atoms with van der Waals surface area (Å²) in [5.74, 6) is -3.23. The summed E-state index contributed by atoms with van der Waals surface area (Å²) < 4.78 is 5.34. The van der Waals surface area contributed by atoms with Gasteiger partial charge in [-0.05, 0) is 57.6 Å². The minimum absolute atomic E-state index is 0.0159. The normalized spacial score (nSPS) is 16.3. The van der Waals surface area contributed by atoms with E-state index in [1.165, 1.54) is 11.0 Å². The number of nitrogens with one attached hydrogen (secondary N) is 4. The molecule has 1 aliphatic rings. The van der Waals surface area contributed by atoms with Crippen molar-refractivity contribution < 1.29 is 33.5 Å². The van der Waals surface area contributed by atoms with Gasteiger partial charge in [-0.25, -0.2) is 4.79 Å². The van der Waals surface area contributed by atoms with Crippen LogP contribution in [0.3, 0.4) is 0 Å². The average Bonchev–Trinajstić information content (AvgIpc) is 3.40. The molecule has 43 heavy (non-hydrogen) atoms. The maximum absolute atomic E-state index is 13.6. The molecule has 0 aliphatic carbocycles. The first-order valence-electron chi connectivity index (χ1n) is 14.4. The van der Waals surface area contributed by atoms with Crippen molar-refractivity contribution in [2.45, 2.75) is 91.0 Å². The average molecular weight is 600 g/mol. The molecule has 4 N–H and O–H groups in total. The number of benzene rings is 1. The number of likely N-dealkylation sites (tertiary alicyclic amines) is 1. The van der Waals surface area contributed by atoms with Gasteiger partial charge in [0.2, 0.25) is 23.5 Å². The van der Waals surface area contributed by atoms with Crippen LogP contribution in [0.4, 0.5) is 10.5 Å². The fourth-order valence-corrected chi connectivity index (χ4v) is 4.49. The van der Waals surface area contributed by atoms with Gasteiger partial charge in [0, 0.05) is 25.2 Å². The van der Waals surface area contributed by atoms with E-state index in [2.05, 4.69) is 27.8 Å². The van der Waals surface area contributed by atoms with Gasteiger partial charge in [-0.2, -0.15) is 0 Å². The molecular formula is C31H45N5O7. The van der Waals surface area contributed by atoms with Crippen molar-refractivity contribution in [3.05, 3.63) is 43.0 Å². The molecule has 1 aromatic rings. The Morgan fingerprint density at radius 3 is 2.26 bits per heavy atom. The third kappa shape index (κ3) is 11.2. The lowest BCUT2D eigenvalue weighted by Crippen LogP contribution is -2.59. The molecular weight excluding hydrogens is 554 g/mol. The lowest BCUT2D eigenvalue weighted by Gasteiger charge is -2.36. The zero-order valence-electron chi connectivity index (χ0n) is 26.0. The van der Waals surface area contributed by atoms with Crippen LogP contribution in [0, 0.1) is 5.41 Å². The molecule has 2 rings (SSSR count). The van der Waals surface area contributed by atoms with Crippen molar-refractivity contribution in [2.75, 3.05) is 18.4 Å². The summed E-state index contributed by atoms with van der Waals surface area (Å²) in [5.41, 5.74) is -0.855. The van der Waals surface area contributed by atoms with Gasteiger partial charge in [0.25, 0.3) is 5.91 Å². The van der Waals surface area contributed by atoms with Crippen LogP contribution in [0.25, 0.3) is 0 Å². The number of para-hydroxylation sites is 1. The zero-order chi connectivity index (χ0) is 32.4. The minimum atomic E-state index is -1.21. The molecule has 0 aromatic heterocycles. The number of carbonyl (C=O) groups excluding carboxylic acids is 6. The van der Waals surface area contributed by atoms with Gasteiger partial charge in [0.05, 0.1) is 0 Å². The second-order valence-electron chi connectivity index (χ2n) is 12.5. The van der Waals surface area contributed by atoms with E-state index in [1.54, 1.807) is 65.8 Å². The highest BCUT2D eigenvalue weighted by Gasteiger charge is 2.43. The Hall–Kier alpha value is -4.22. The van der Waals surface area contributed by atoms with Crippen molar-refractivity contribution in [1.82, 2.24) is 20.9 Å². The summed E-state index contributed by atoms with van der Waals surface area (Å²) in [6.45, 7) is 14.3. The minimum Gasteiger partial charge on any atom is -0.444 e. The fourth-order valence-electron chi connectivity index (χ4n) is 4.49. The third-order valence-electron chi connectivity index (χ3n) is 6.57. The van der Waals surface area contributed by atoms with Gasteiger partial charge in [-0.15, -0.1) is 6.58 Å². The molecule has 1 aliphatic heterocycles. The summed E-state index contributed by atoms with van der Waals surface area (Å²) in [6.07, 6.45) is 1.47. The second kappa shape index (κ2) is 15.3. The largest absolute Gasteiger partial charge is 0.444 e. The van der Waals surface area contributed by atoms with Crippen LogP contribution in [-0.4, -0.2) is 77.2 Å². The molecule has 1 fully saturated rings. The predicted octanol–water partition coefficient (Wildman–Crippen LogP) is 2.69. The molecule has 3 atom stereocenters. The molecule has 1 aromatic carbocycles. The van der Waals surface area contributed by atoms with Crippen molar-refractivity contribution in [2.24, 2.45) is 5.41 Å². The molecule has 5 amide bonds. The van der Waals surface area contributed by atoms with Crippen molar-refractivity contribution >= 4 is 41.2 Å². The van der Waals surface area contributed by atoms with Crippen LogP contribution in [0.5, 0.6) is 0 Å². The number of nitrogens with zero attached hydrogens (tertiary/aromatic N) is 1. The number of rotatable bonds is 12. The van der Waals surface area contributed by atoms with Gasteiger partial charge in [0.1, 0.15) is 23.7 Å². The Morgan fingerprint density at radius 1 is 1.02 bits per heavy atom. The summed E-state index contributed by atoms with van der Waals surface area (Å²) in [5, 5.41) is 10.4. The SMILES string of the molecule is C=CCC(NC(=O)[C@@H]1CCCN1C(=O)[C@@H](NC(=O)OC(C)(C)C)C(C)(C)C)C(=O)C(=O)NCCC(=O)Nc1ccccc1. The zero-order valence-corrected chi connectivity index (χ0v) is 26.0. The van der Waals surface area contributed by atoms with Gasteiger partial charge >= 0.3 is 6.09 Å². The van der Waals surface area contributed by atoms with Crippen LogP contribution in [0.15, 0.2) is 43.0 Å². The highest BCUT2D eigenvalue weighted by Crippen LogP contribution is 2.26. The highest BCUT2D eigenvalue weighted by molar-refractivity contribution is 6.38. The highest BCUT2D eigenvalue weighted by atomic mass is 16.6. The van der Waals surface area contributed by atoms with E-state index < -0.39 is 58.7 Å². The first-order chi connectivity index (χ1) is 20.0. The molecule has 0 saturated carbocycles. The standard InChI is InChI=1S/C31H45N5O7/c1-8-13-21(24(38)27(40)32-18-17-23(37)33-20-14-10-9-11-15-20)34-26(39)22-16-12-19-36(22)28(41)25(30(2,3)4)35-29(42)43-31(5,6)7/h8-11,14-15,21-22,25H,1,12-13,16-19H2,2-7H3,(H,32,40)(H,33,37)(H,34,39)(H,35,42)/t21?,22-,25+/m0/s1. The molecule has 0 bridgehead atoms. The number of hydrogen-bond donors (Lipinski definition) is 4. The smallest absolute Gasteiger partial charge is 0.408 e. The first kappa shape index (κ1) is 35.0. The monoisotopic (exact) mass is 599 g/mol. The van der Waals surface area contributed by atoms with Crippen molar-refractivity contribution in [3.63, 3.8) is 0 Å². The van der Waals surface area contributed by atoms with Crippen molar-refractivity contribution in [1.29, 1.82) is 0 Å². The summed E-state index contributed by atoms with van der Waals surface area (Å²) in [4.78, 5) is 78.5.